The molecule has 0 bridgehead atoms. The zero-order valence-electron chi connectivity index (χ0n) is 62.4. The fraction of sp³-hybridized carbons (Fsp3) is 0.345. The van der Waals surface area contributed by atoms with Crippen LogP contribution in [0.25, 0.3) is 33.5 Å². The largest absolute Gasteiger partial charge is 0.497 e. The summed E-state index contributed by atoms with van der Waals surface area (Å²) in [5.41, 5.74) is 8.72. The first kappa shape index (κ1) is 82.3. The molecule has 10 rings (SSSR count). The van der Waals surface area contributed by atoms with Crippen molar-refractivity contribution in [2.75, 3.05) is 25.1 Å². The smallest absolute Gasteiger partial charge is 0.416 e. The number of pyridine rings is 3. The van der Waals surface area contributed by atoms with Gasteiger partial charge in [-0.3, -0.25) is 48.1 Å². The molecule has 0 aliphatic carbocycles. The van der Waals surface area contributed by atoms with Gasteiger partial charge in [0.15, 0.2) is 0 Å². The lowest BCUT2D eigenvalue weighted by Gasteiger charge is -2.32. The molecule has 0 spiro atoms. The van der Waals surface area contributed by atoms with E-state index in [0.29, 0.717) is 35.1 Å². The van der Waals surface area contributed by atoms with Crippen molar-refractivity contribution in [1.29, 1.82) is 0 Å². The lowest BCUT2D eigenvalue weighted by molar-refractivity contribution is -0.138. The maximum Gasteiger partial charge on any atom is 0.416 e. The quantitative estimate of drug-likeness (QED) is 0.0320. The molecule has 568 valence electrons. The average Bonchev–Trinajstić information content (AvgIpc) is 0.811. The Morgan fingerprint density at radius 2 is 1.13 bits per heavy atom. The van der Waals surface area contributed by atoms with Crippen LogP contribution < -0.4 is 42.3 Å². The van der Waals surface area contributed by atoms with E-state index >= 15 is 0 Å². The Bertz CT molecular complexity index is 4790. The average molecular weight is 1480 g/mol. The summed E-state index contributed by atoms with van der Waals surface area (Å²) in [7, 11) is 1.57. The third kappa shape index (κ3) is 23.3. The number of aliphatic carboxylic acids is 1. The molecule has 1 aliphatic heterocycles. The van der Waals surface area contributed by atoms with E-state index in [1.807, 2.05) is 139 Å². The second-order valence-corrected chi connectivity index (χ2v) is 28.0. The number of alkyl halides is 3. The van der Waals surface area contributed by atoms with Crippen LogP contribution in [0, 0.1) is 32.6 Å². The van der Waals surface area contributed by atoms with Crippen molar-refractivity contribution in [2.24, 2.45) is 11.8 Å². The lowest BCUT2D eigenvalue weighted by Crippen LogP contribution is -2.40. The SMILES string of the molecule is CC(=O)C[C@H](NC(=O)[C@@H](CC(C)C)n1ccc(C(F)(F)F)cc1=O)c1cncc(-c2c(C)cccc2C)c1.CC(=O)C[C@H](NC(=O)[C@H](CC(C)C)n1ccccc1=O)c1cccc(N2CCC(O)CC2)c1.COc1ccc(-c2cn(CC(=O)N[C@@H](CC(=O)O)c3cccc(-c4ccccc4C)c3)c(=O)cn2)cc1. The monoisotopic (exact) mass is 1480 g/mol. The molecular weight excluding hydrogens is 1380 g/mol. The summed E-state index contributed by atoms with van der Waals surface area (Å²) in [4.78, 5) is 124. The van der Waals surface area contributed by atoms with Crippen LogP contribution in [0.4, 0.5) is 18.9 Å². The Balaban J connectivity index is 0.000000205. The number of hydrogen-bond acceptors (Lipinski definition) is 14. The van der Waals surface area contributed by atoms with E-state index in [9.17, 15) is 66.5 Å². The number of carbonyl (C=O) groups is 6. The van der Waals surface area contributed by atoms with Gasteiger partial charge in [-0.1, -0.05) is 107 Å². The molecule has 1 aliphatic rings. The number of Topliss-reactive ketones (excluding diaryl/α,β-unsaturated/α-hetero) is 2. The molecule has 21 nitrogen and oxygen atoms in total. The van der Waals surface area contributed by atoms with Gasteiger partial charge >= 0.3 is 12.1 Å². The lowest BCUT2D eigenvalue weighted by atomic mass is 9.94. The first-order valence-corrected chi connectivity index (χ1v) is 35.8. The number of piperidine rings is 1. The van der Waals surface area contributed by atoms with Crippen molar-refractivity contribution in [3.63, 3.8) is 0 Å². The van der Waals surface area contributed by atoms with Gasteiger partial charge in [0.05, 0.1) is 55.2 Å². The molecular formula is C84H94F3N9O12. The van der Waals surface area contributed by atoms with Crippen molar-refractivity contribution in [3.05, 3.63) is 259 Å². The number of ketones is 2. The molecule has 3 amide bonds. The Morgan fingerprint density at radius 3 is 1.70 bits per heavy atom. The highest BCUT2D eigenvalue weighted by molar-refractivity contribution is 5.84. The van der Waals surface area contributed by atoms with Gasteiger partial charge in [0, 0.05) is 85.9 Å². The van der Waals surface area contributed by atoms with Crippen LogP contribution in [0.1, 0.15) is 156 Å². The molecule has 4 aromatic heterocycles. The summed E-state index contributed by atoms with van der Waals surface area (Å²) in [6, 6.07) is 40.6. The minimum absolute atomic E-state index is 0.0140. The van der Waals surface area contributed by atoms with Crippen molar-refractivity contribution in [1.82, 2.24) is 39.6 Å². The van der Waals surface area contributed by atoms with Gasteiger partial charge < -0.3 is 49.5 Å². The molecule has 5 aromatic carbocycles. The van der Waals surface area contributed by atoms with E-state index in [1.54, 1.807) is 68.2 Å². The predicted octanol–water partition coefficient (Wildman–Crippen LogP) is 13.4. The van der Waals surface area contributed by atoms with Gasteiger partial charge in [-0.2, -0.15) is 13.2 Å². The number of carbonyl (C=O) groups excluding carboxylic acids is 5. The highest BCUT2D eigenvalue weighted by Crippen LogP contribution is 2.34. The Labute approximate surface area is 625 Å². The highest BCUT2D eigenvalue weighted by atomic mass is 19.4. The van der Waals surface area contributed by atoms with Gasteiger partial charge in [-0.25, -0.2) is 4.98 Å². The first-order valence-electron chi connectivity index (χ1n) is 35.8. The van der Waals surface area contributed by atoms with Crippen molar-refractivity contribution in [3.8, 4) is 39.3 Å². The van der Waals surface area contributed by atoms with Crippen LogP contribution in [0.3, 0.4) is 0 Å². The number of halogens is 3. The number of aliphatic hydroxyl groups is 1. The third-order valence-electron chi connectivity index (χ3n) is 18.5. The molecule has 5 heterocycles. The summed E-state index contributed by atoms with van der Waals surface area (Å²) in [5, 5.41) is 28.0. The molecule has 1 saturated heterocycles. The molecule has 108 heavy (non-hydrogen) atoms. The number of aliphatic hydroxyl groups excluding tert-OH is 1. The van der Waals surface area contributed by atoms with Crippen LogP contribution in [-0.2, 0) is 41.5 Å². The van der Waals surface area contributed by atoms with Crippen molar-refractivity contribution in [2.45, 2.75) is 156 Å². The Kier molecular flexibility index (Phi) is 29.1. The zero-order valence-corrected chi connectivity index (χ0v) is 62.4. The van der Waals surface area contributed by atoms with Crippen LogP contribution in [0.5, 0.6) is 5.75 Å². The number of methoxy groups -OCH3 is 1. The number of aryl methyl sites for hydroxylation is 3. The van der Waals surface area contributed by atoms with Crippen molar-refractivity contribution < 1.29 is 56.9 Å². The molecule has 24 heteroatoms. The fourth-order valence-corrected chi connectivity index (χ4v) is 13.1. The minimum atomic E-state index is -4.67. The highest BCUT2D eigenvalue weighted by Gasteiger charge is 2.34. The fourth-order valence-electron chi connectivity index (χ4n) is 13.1. The number of nitrogens with one attached hydrogen (secondary N) is 3. The van der Waals surface area contributed by atoms with E-state index in [0.717, 1.165) is 105 Å². The summed E-state index contributed by atoms with van der Waals surface area (Å²) < 4.78 is 48.2. The number of hydrogen-bond donors (Lipinski definition) is 5. The summed E-state index contributed by atoms with van der Waals surface area (Å²) in [6.07, 6.45) is 5.70. The van der Waals surface area contributed by atoms with Crippen LogP contribution in [0.2, 0.25) is 0 Å². The molecule has 1 fully saturated rings. The normalized spacial score (nSPS) is 13.6. The number of amides is 3. The zero-order chi connectivity index (χ0) is 78.5. The predicted molar refractivity (Wildman–Crippen MR) is 409 cm³/mol. The Hall–Kier alpha value is -11.4. The number of ether oxygens (including phenoxy) is 1. The number of carboxylic acid groups (broad SMARTS) is 1. The number of carboxylic acids is 1. The molecule has 5 atom stereocenters. The second kappa shape index (κ2) is 38.2. The molecule has 5 N–H and O–H groups in total. The van der Waals surface area contributed by atoms with E-state index in [1.165, 1.54) is 35.2 Å². The standard InChI is InChI=1S/C29H32F3N3O3.C29H27N3O5.C26H35N3O4/c1-17(2)11-25(35-10-9-23(14-26(35)37)29(30,31)32)28(38)34-24(12-20(5)36)21-13-22(16-33-15-21)27-18(3)7-6-8-19(27)4;1-19-6-3-4-9-24(19)21-7-5-8-22(14-21)25(15-29(35)36)31-27(33)18-32-17-26(30-16-28(32)34)20-10-12-23(37-2)13-11-20;1-18(2)15-24(29-12-5-4-9-25(29)32)26(33)27-23(16-19(3)30)20-7-6-8-21(17-20)28-13-10-22(31)11-14-28/h6-10,13-17,24-25H,11-12H2,1-5H3,(H,34,38);3-14,16-17,25H,15,18H2,1-2H3,(H,31,33)(H,35,36);4-9,12,17-18,22-24,31H,10-11,13-16H2,1-3H3,(H,27,33)/t24-,25+;25-;23-,24-/m000/s1. The summed E-state index contributed by atoms with van der Waals surface area (Å²) in [6.45, 7) is 17.9. The van der Waals surface area contributed by atoms with Gasteiger partial charge in [0.1, 0.15) is 35.9 Å². The third-order valence-corrected chi connectivity index (χ3v) is 18.5. The Morgan fingerprint density at radius 1 is 0.574 bits per heavy atom. The number of anilines is 1. The number of nitrogens with zero attached hydrogens (tertiary/aromatic N) is 6. The van der Waals surface area contributed by atoms with Crippen LogP contribution in [0.15, 0.2) is 203 Å². The maximum absolute atomic E-state index is 13.5. The van der Waals surface area contributed by atoms with Crippen LogP contribution >= 0.6 is 0 Å². The van der Waals surface area contributed by atoms with Gasteiger partial charge in [-0.05, 0) is 183 Å². The van der Waals surface area contributed by atoms with Gasteiger partial charge in [-0.15, -0.1) is 0 Å². The van der Waals surface area contributed by atoms with E-state index in [2.05, 4.69) is 30.8 Å². The van der Waals surface area contributed by atoms with Crippen molar-refractivity contribution >= 4 is 40.9 Å². The number of benzene rings is 5. The molecule has 9 aromatic rings. The number of rotatable bonds is 27. The molecule has 0 unspecified atom stereocenters. The topological polar surface area (TPSA) is 283 Å². The van der Waals surface area contributed by atoms with Gasteiger partial charge in [0.2, 0.25) is 17.7 Å². The first-order chi connectivity index (χ1) is 51.3. The second-order valence-electron chi connectivity index (χ2n) is 28.0. The van der Waals surface area contributed by atoms with E-state index < -0.39 is 70.9 Å². The maximum atomic E-state index is 13.5. The summed E-state index contributed by atoms with van der Waals surface area (Å²) in [5.74, 6) is -1.71. The van der Waals surface area contributed by atoms with Crippen LogP contribution in [-0.4, -0.2) is 95.4 Å². The molecule has 0 radical (unpaired) electrons. The van der Waals surface area contributed by atoms with E-state index in [4.69, 9.17) is 4.74 Å². The summed E-state index contributed by atoms with van der Waals surface area (Å²) >= 11 is 0. The van der Waals surface area contributed by atoms with Gasteiger partial charge in [0.25, 0.3) is 16.7 Å². The number of aromatic nitrogens is 5. The molecule has 0 saturated carbocycles. The van der Waals surface area contributed by atoms with E-state index in [-0.39, 0.29) is 73.2 Å². The minimum Gasteiger partial charge on any atom is -0.497 e.